The van der Waals surface area contributed by atoms with E-state index < -0.39 is 0 Å². The van der Waals surface area contributed by atoms with E-state index in [0.29, 0.717) is 12.4 Å². The molecular formula is C21H22BrN3O3. The van der Waals surface area contributed by atoms with E-state index in [1.54, 1.807) is 18.3 Å². The lowest BCUT2D eigenvalue weighted by molar-refractivity contribution is -0.123. The Morgan fingerprint density at radius 3 is 2.68 bits per heavy atom. The van der Waals surface area contributed by atoms with Crippen molar-refractivity contribution < 1.29 is 14.3 Å². The predicted octanol–water partition coefficient (Wildman–Crippen LogP) is 4.64. The van der Waals surface area contributed by atoms with Crippen LogP contribution in [0.15, 0.2) is 58.2 Å². The number of nitrogens with one attached hydrogen (secondary N) is 2. The molecule has 1 aromatic heterocycles. The number of hydrazone groups is 1. The highest BCUT2D eigenvalue weighted by atomic mass is 79.9. The summed E-state index contributed by atoms with van der Waals surface area (Å²) in [5, 5.41) is 5.02. The molecule has 0 saturated heterocycles. The number of unbranched alkanes of at least 4 members (excludes halogenated alkanes) is 1. The molecule has 0 aliphatic carbocycles. The van der Waals surface area contributed by atoms with Crippen LogP contribution < -0.4 is 14.9 Å². The third-order valence-electron chi connectivity index (χ3n) is 4.03. The lowest BCUT2D eigenvalue weighted by atomic mass is 10.2. The van der Waals surface area contributed by atoms with Gasteiger partial charge in [-0.25, -0.2) is 5.43 Å². The van der Waals surface area contributed by atoms with E-state index >= 15 is 0 Å². The molecule has 0 atom stereocenters. The summed E-state index contributed by atoms with van der Waals surface area (Å²) < 4.78 is 12.0. The van der Waals surface area contributed by atoms with Gasteiger partial charge in [0.25, 0.3) is 5.91 Å². The fourth-order valence-corrected chi connectivity index (χ4v) is 2.90. The maximum absolute atomic E-state index is 11.9. The molecule has 0 aliphatic rings. The standard InChI is InChI=1S/C21H22BrN3O3/c1-2-3-10-27-17-5-7-18(8-6-17)28-14-21(26)25-24-13-15-12-23-20-9-4-16(22)11-19(15)20/h4-9,11-13,23H,2-3,10,14H2,1H3,(H,25,26)/b24-13+. The number of nitrogens with zero attached hydrogens (tertiary/aromatic N) is 1. The van der Waals surface area contributed by atoms with Crippen LogP contribution in [0, 0.1) is 0 Å². The van der Waals surface area contributed by atoms with Crippen LogP contribution >= 0.6 is 15.9 Å². The lowest BCUT2D eigenvalue weighted by Crippen LogP contribution is -2.24. The molecule has 0 bridgehead atoms. The topological polar surface area (TPSA) is 75.7 Å². The van der Waals surface area contributed by atoms with Crippen molar-refractivity contribution in [3.63, 3.8) is 0 Å². The summed E-state index contributed by atoms with van der Waals surface area (Å²) in [6.07, 6.45) is 5.56. The van der Waals surface area contributed by atoms with Crippen LogP contribution in [0.2, 0.25) is 0 Å². The molecule has 28 heavy (non-hydrogen) atoms. The normalized spacial score (nSPS) is 11.1. The summed E-state index contributed by atoms with van der Waals surface area (Å²) in [7, 11) is 0. The Morgan fingerprint density at radius 1 is 1.18 bits per heavy atom. The number of aromatic amines is 1. The van der Waals surface area contributed by atoms with Crippen molar-refractivity contribution >= 4 is 39.0 Å². The molecule has 3 aromatic rings. The maximum Gasteiger partial charge on any atom is 0.277 e. The van der Waals surface area contributed by atoms with E-state index in [2.05, 4.69) is 38.4 Å². The number of ether oxygens (including phenoxy) is 2. The molecule has 0 aliphatic heterocycles. The maximum atomic E-state index is 11.9. The second kappa shape index (κ2) is 9.94. The Hall–Kier alpha value is -2.80. The molecular weight excluding hydrogens is 422 g/mol. The minimum absolute atomic E-state index is 0.118. The Kier molecular flexibility index (Phi) is 7.08. The van der Waals surface area contributed by atoms with Crippen LogP contribution in [0.5, 0.6) is 11.5 Å². The van der Waals surface area contributed by atoms with Crippen molar-refractivity contribution in [2.45, 2.75) is 19.8 Å². The second-order valence-electron chi connectivity index (χ2n) is 6.19. The predicted molar refractivity (Wildman–Crippen MR) is 114 cm³/mol. The molecule has 3 rings (SSSR count). The van der Waals surface area contributed by atoms with Crippen LogP contribution in [0.4, 0.5) is 0 Å². The van der Waals surface area contributed by atoms with Gasteiger partial charge in [0.2, 0.25) is 0 Å². The summed E-state index contributed by atoms with van der Waals surface area (Å²) in [5.41, 5.74) is 4.36. The van der Waals surface area contributed by atoms with Crippen LogP contribution in [0.25, 0.3) is 10.9 Å². The van der Waals surface area contributed by atoms with Gasteiger partial charge >= 0.3 is 0 Å². The third kappa shape index (κ3) is 5.60. The van der Waals surface area contributed by atoms with E-state index in [4.69, 9.17) is 9.47 Å². The van der Waals surface area contributed by atoms with Gasteiger partial charge in [-0.15, -0.1) is 0 Å². The van der Waals surface area contributed by atoms with Gasteiger partial charge in [0, 0.05) is 27.1 Å². The quantitative estimate of drug-likeness (QED) is 0.287. The Labute approximate surface area is 172 Å². The number of fused-ring (bicyclic) bond motifs is 1. The number of carbonyl (C=O) groups excluding carboxylic acids is 1. The van der Waals surface area contributed by atoms with Gasteiger partial charge in [0.05, 0.1) is 12.8 Å². The molecule has 0 radical (unpaired) electrons. The highest BCUT2D eigenvalue weighted by Gasteiger charge is 2.04. The smallest absolute Gasteiger partial charge is 0.277 e. The number of rotatable bonds is 9. The summed E-state index contributed by atoms with van der Waals surface area (Å²) in [6.45, 7) is 2.70. The van der Waals surface area contributed by atoms with Gasteiger partial charge in [-0.05, 0) is 48.9 Å². The number of hydrogen-bond acceptors (Lipinski definition) is 4. The first-order chi connectivity index (χ1) is 13.7. The van der Waals surface area contributed by atoms with Crippen molar-refractivity contribution in [2.24, 2.45) is 5.10 Å². The Bertz CT molecular complexity index is 951. The average molecular weight is 444 g/mol. The molecule has 2 aromatic carbocycles. The number of aromatic nitrogens is 1. The highest BCUT2D eigenvalue weighted by Crippen LogP contribution is 2.21. The molecule has 0 fully saturated rings. The molecule has 2 N–H and O–H groups in total. The third-order valence-corrected chi connectivity index (χ3v) is 4.52. The van der Waals surface area contributed by atoms with E-state index in [1.807, 2.05) is 36.5 Å². The number of carbonyl (C=O) groups is 1. The van der Waals surface area contributed by atoms with Crippen molar-refractivity contribution in [1.82, 2.24) is 10.4 Å². The highest BCUT2D eigenvalue weighted by molar-refractivity contribution is 9.10. The zero-order valence-electron chi connectivity index (χ0n) is 15.6. The molecule has 1 heterocycles. The largest absolute Gasteiger partial charge is 0.494 e. The van der Waals surface area contributed by atoms with Gasteiger partial charge in [-0.2, -0.15) is 5.10 Å². The summed E-state index contributed by atoms with van der Waals surface area (Å²) in [4.78, 5) is 15.1. The molecule has 0 spiro atoms. The molecule has 1 amide bonds. The average Bonchev–Trinajstić information content (AvgIpc) is 3.10. The lowest BCUT2D eigenvalue weighted by Gasteiger charge is -2.07. The Balaban J connectivity index is 1.46. The number of hydrogen-bond donors (Lipinski definition) is 2. The second-order valence-corrected chi connectivity index (χ2v) is 7.10. The monoisotopic (exact) mass is 443 g/mol. The zero-order valence-corrected chi connectivity index (χ0v) is 17.2. The number of halogens is 1. The first-order valence-corrected chi connectivity index (χ1v) is 9.89. The fraction of sp³-hybridized carbons (Fsp3) is 0.238. The summed E-state index contributed by atoms with van der Waals surface area (Å²) in [5.74, 6) is 1.06. The van der Waals surface area contributed by atoms with E-state index in [1.165, 1.54) is 0 Å². The fourth-order valence-electron chi connectivity index (χ4n) is 2.54. The van der Waals surface area contributed by atoms with Crippen LogP contribution in [-0.2, 0) is 4.79 Å². The van der Waals surface area contributed by atoms with Crippen molar-refractivity contribution in [2.75, 3.05) is 13.2 Å². The number of benzene rings is 2. The minimum Gasteiger partial charge on any atom is -0.494 e. The van der Waals surface area contributed by atoms with Crippen LogP contribution in [0.3, 0.4) is 0 Å². The van der Waals surface area contributed by atoms with Crippen LogP contribution in [-0.4, -0.2) is 30.3 Å². The van der Waals surface area contributed by atoms with Crippen LogP contribution in [0.1, 0.15) is 25.3 Å². The SMILES string of the molecule is CCCCOc1ccc(OCC(=O)N/N=C/c2c[nH]c3ccc(Br)cc23)cc1. The molecule has 0 saturated carbocycles. The van der Waals surface area contributed by atoms with Gasteiger partial charge in [0.15, 0.2) is 6.61 Å². The Morgan fingerprint density at radius 2 is 1.93 bits per heavy atom. The molecule has 0 unspecified atom stereocenters. The zero-order chi connectivity index (χ0) is 19.8. The van der Waals surface area contributed by atoms with Gasteiger partial charge in [0.1, 0.15) is 11.5 Å². The molecule has 6 nitrogen and oxygen atoms in total. The van der Waals surface area contributed by atoms with E-state index in [9.17, 15) is 4.79 Å². The minimum atomic E-state index is -0.333. The first kappa shape index (κ1) is 19.9. The van der Waals surface area contributed by atoms with Crippen molar-refractivity contribution in [3.8, 4) is 11.5 Å². The number of amides is 1. The van der Waals surface area contributed by atoms with Gasteiger partial charge < -0.3 is 14.5 Å². The van der Waals surface area contributed by atoms with Gasteiger partial charge in [-0.1, -0.05) is 29.3 Å². The van der Waals surface area contributed by atoms with E-state index in [0.717, 1.165) is 39.5 Å². The van der Waals surface area contributed by atoms with Crippen molar-refractivity contribution in [1.29, 1.82) is 0 Å². The first-order valence-electron chi connectivity index (χ1n) is 9.10. The molecule has 146 valence electrons. The van der Waals surface area contributed by atoms with Crippen molar-refractivity contribution in [3.05, 3.63) is 58.7 Å². The summed E-state index contributed by atoms with van der Waals surface area (Å²) >= 11 is 3.45. The molecule has 7 heteroatoms. The summed E-state index contributed by atoms with van der Waals surface area (Å²) in [6, 6.07) is 13.1. The van der Waals surface area contributed by atoms with E-state index in [-0.39, 0.29) is 12.5 Å². The van der Waals surface area contributed by atoms with Gasteiger partial charge in [-0.3, -0.25) is 4.79 Å². The number of H-pyrrole nitrogens is 1.